The molecule has 0 fully saturated rings. The molecule has 0 N–H and O–H groups in total. The van der Waals surface area contributed by atoms with Crippen LogP contribution in [0.3, 0.4) is 0 Å². The van der Waals surface area contributed by atoms with Crippen molar-refractivity contribution in [2.24, 2.45) is 0 Å². The van der Waals surface area contributed by atoms with Gasteiger partial charge in [-0.3, -0.25) is 24.5 Å². The van der Waals surface area contributed by atoms with E-state index in [0.29, 0.717) is 5.69 Å². The van der Waals surface area contributed by atoms with Gasteiger partial charge in [0.2, 0.25) is 5.69 Å². The van der Waals surface area contributed by atoms with Gasteiger partial charge in [0, 0.05) is 13.6 Å². The number of hydrogen-bond acceptors (Lipinski definition) is 7. The summed E-state index contributed by atoms with van der Waals surface area (Å²) in [6.07, 6.45) is 1.31. The molecule has 1 aromatic carbocycles. The van der Waals surface area contributed by atoms with Crippen LogP contribution < -0.4 is 4.90 Å². The Labute approximate surface area is 178 Å². The Morgan fingerprint density at radius 2 is 1.90 bits per heavy atom. The number of carbonyl (C=O) groups excluding carboxylic acids is 2. The summed E-state index contributed by atoms with van der Waals surface area (Å²) in [5.41, 5.74) is 0.238. The fourth-order valence-electron chi connectivity index (χ4n) is 3.26. The van der Waals surface area contributed by atoms with Crippen molar-refractivity contribution in [2.75, 3.05) is 18.6 Å². The number of ether oxygens (including phenoxy) is 1. The molecule has 0 saturated heterocycles. The van der Waals surface area contributed by atoms with E-state index in [2.05, 4.69) is 10.2 Å². The molecule has 3 aromatic rings. The largest absolute Gasteiger partial charge is 0.462 e. The van der Waals surface area contributed by atoms with Gasteiger partial charge in [0.1, 0.15) is 11.3 Å². The molecule has 0 spiro atoms. The molecule has 0 aliphatic carbocycles. The van der Waals surface area contributed by atoms with Gasteiger partial charge in [0.15, 0.2) is 5.82 Å². The molecule has 162 valence electrons. The van der Waals surface area contributed by atoms with E-state index in [1.54, 1.807) is 38.1 Å². The second kappa shape index (κ2) is 8.78. The summed E-state index contributed by atoms with van der Waals surface area (Å²) in [6, 6.07) is 8.90. The van der Waals surface area contributed by atoms with Crippen LogP contribution in [0.4, 0.5) is 11.5 Å². The van der Waals surface area contributed by atoms with E-state index in [9.17, 15) is 19.7 Å². The first-order valence-electron chi connectivity index (χ1n) is 9.62. The minimum absolute atomic E-state index is 0.0588. The molecule has 11 nitrogen and oxygen atoms in total. The fourth-order valence-corrected chi connectivity index (χ4v) is 3.26. The van der Waals surface area contributed by atoms with Crippen LogP contribution in [-0.4, -0.2) is 50.0 Å². The van der Waals surface area contributed by atoms with Crippen LogP contribution in [0.15, 0.2) is 36.5 Å². The highest BCUT2D eigenvalue weighted by atomic mass is 16.6. The first-order valence-corrected chi connectivity index (χ1v) is 9.62. The number of rotatable bonds is 7. The van der Waals surface area contributed by atoms with Crippen molar-refractivity contribution in [3.63, 3.8) is 0 Å². The molecule has 31 heavy (non-hydrogen) atoms. The van der Waals surface area contributed by atoms with Crippen molar-refractivity contribution < 1.29 is 19.2 Å². The van der Waals surface area contributed by atoms with E-state index >= 15 is 0 Å². The highest BCUT2D eigenvalue weighted by Crippen LogP contribution is 2.29. The third-order valence-electron chi connectivity index (χ3n) is 4.64. The molecular formula is C20H22N6O5. The Kier molecular flexibility index (Phi) is 6.14. The zero-order chi connectivity index (χ0) is 22.7. The van der Waals surface area contributed by atoms with E-state index in [1.165, 1.54) is 29.5 Å². The summed E-state index contributed by atoms with van der Waals surface area (Å²) in [6.45, 7) is 5.26. The van der Waals surface area contributed by atoms with Gasteiger partial charge in [0.25, 0.3) is 5.91 Å². The number of para-hydroxylation sites is 1. The molecule has 0 bridgehead atoms. The summed E-state index contributed by atoms with van der Waals surface area (Å²) in [5.74, 6) is -1.23. The lowest BCUT2D eigenvalue weighted by molar-refractivity contribution is -0.385. The molecule has 3 rings (SSSR count). The summed E-state index contributed by atoms with van der Waals surface area (Å²) < 4.78 is 7.80. The average Bonchev–Trinajstić information content (AvgIpc) is 3.34. The number of carbonyl (C=O) groups is 2. The number of aryl methyl sites for hydroxylation is 2. The molecule has 0 unspecified atom stereocenters. The van der Waals surface area contributed by atoms with Crippen LogP contribution in [0.1, 0.15) is 40.4 Å². The molecule has 0 saturated carbocycles. The maximum absolute atomic E-state index is 13.4. The van der Waals surface area contributed by atoms with Crippen LogP contribution in [0.25, 0.3) is 5.69 Å². The van der Waals surface area contributed by atoms with Crippen molar-refractivity contribution in [2.45, 2.75) is 27.3 Å². The fraction of sp³-hybridized carbons (Fsp3) is 0.300. The maximum atomic E-state index is 13.4. The highest BCUT2D eigenvalue weighted by Gasteiger charge is 2.35. The lowest BCUT2D eigenvalue weighted by Crippen LogP contribution is -2.32. The smallest absolute Gasteiger partial charge is 0.343 e. The molecule has 0 radical (unpaired) electrons. The van der Waals surface area contributed by atoms with E-state index in [4.69, 9.17) is 4.74 Å². The standard InChI is InChI=1S/C20H22N6O5/c1-5-24-17(16(26(29)30)13(3)22-24)19(27)23(4)18-15(20(28)31-6-2)12-21-25(18)14-10-8-7-9-11-14/h7-12H,5-6H2,1-4H3. The first-order chi connectivity index (χ1) is 14.8. The van der Waals surface area contributed by atoms with Gasteiger partial charge < -0.3 is 4.74 Å². The Morgan fingerprint density at radius 1 is 1.23 bits per heavy atom. The third-order valence-corrected chi connectivity index (χ3v) is 4.64. The van der Waals surface area contributed by atoms with E-state index in [-0.39, 0.29) is 41.6 Å². The maximum Gasteiger partial charge on any atom is 0.343 e. The Morgan fingerprint density at radius 3 is 2.48 bits per heavy atom. The average molecular weight is 426 g/mol. The van der Waals surface area contributed by atoms with Gasteiger partial charge in [-0.2, -0.15) is 10.2 Å². The molecule has 0 atom stereocenters. The van der Waals surface area contributed by atoms with Crippen LogP contribution in [0, 0.1) is 17.0 Å². The topological polar surface area (TPSA) is 125 Å². The van der Waals surface area contributed by atoms with E-state index < -0.39 is 16.8 Å². The normalized spacial score (nSPS) is 10.7. The zero-order valence-electron chi connectivity index (χ0n) is 17.6. The van der Waals surface area contributed by atoms with Gasteiger partial charge in [-0.25, -0.2) is 9.48 Å². The third kappa shape index (κ3) is 3.89. The van der Waals surface area contributed by atoms with E-state index in [1.807, 2.05) is 6.07 Å². The Bertz CT molecular complexity index is 1130. The molecule has 11 heteroatoms. The summed E-state index contributed by atoms with van der Waals surface area (Å²) in [7, 11) is 1.42. The number of nitro groups is 1. The number of amides is 1. The number of anilines is 1. The Balaban J connectivity index is 2.18. The predicted molar refractivity (Wildman–Crippen MR) is 112 cm³/mol. The van der Waals surface area contributed by atoms with Crippen LogP contribution in [0.5, 0.6) is 0 Å². The number of aromatic nitrogens is 4. The molecule has 0 aliphatic rings. The van der Waals surface area contributed by atoms with E-state index in [0.717, 1.165) is 4.90 Å². The van der Waals surface area contributed by atoms with Crippen molar-refractivity contribution in [3.05, 3.63) is 63.6 Å². The highest BCUT2D eigenvalue weighted by molar-refractivity contribution is 6.10. The molecular weight excluding hydrogens is 404 g/mol. The monoisotopic (exact) mass is 426 g/mol. The van der Waals surface area contributed by atoms with Crippen molar-refractivity contribution >= 4 is 23.4 Å². The number of hydrogen-bond donors (Lipinski definition) is 0. The second-order valence-corrected chi connectivity index (χ2v) is 6.57. The second-order valence-electron chi connectivity index (χ2n) is 6.57. The number of esters is 1. The minimum Gasteiger partial charge on any atom is -0.462 e. The molecule has 2 heterocycles. The predicted octanol–water partition coefficient (Wildman–Crippen LogP) is 2.76. The lowest BCUT2D eigenvalue weighted by atomic mass is 10.2. The first kappa shape index (κ1) is 21.7. The van der Waals surface area contributed by atoms with Crippen molar-refractivity contribution in [3.8, 4) is 5.69 Å². The zero-order valence-corrected chi connectivity index (χ0v) is 17.6. The summed E-state index contributed by atoms with van der Waals surface area (Å²) >= 11 is 0. The lowest BCUT2D eigenvalue weighted by Gasteiger charge is -2.20. The van der Waals surface area contributed by atoms with Gasteiger partial charge in [-0.15, -0.1) is 0 Å². The molecule has 2 aromatic heterocycles. The molecule has 0 aliphatic heterocycles. The van der Waals surface area contributed by atoms with Gasteiger partial charge in [-0.1, -0.05) is 18.2 Å². The van der Waals surface area contributed by atoms with Gasteiger partial charge >= 0.3 is 11.7 Å². The van der Waals surface area contributed by atoms with Gasteiger partial charge in [-0.05, 0) is 32.9 Å². The van der Waals surface area contributed by atoms with Crippen LogP contribution in [-0.2, 0) is 11.3 Å². The van der Waals surface area contributed by atoms with Crippen molar-refractivity contribution in [1.29, 1.82) is 0 Å². The SMILES string of the molecule is CCOC(=O)c1cnn(-c2ccccc2)c1N(C)C(=O)c1c([N+](=O)[O-])c(C)nn1CC. The van der Waals surface area contributed by atoms with Gasteiger partial charge in [0.05, 0.1) is 23.4 Å². The quantitative estimate of drug-likeness (QED) is 0.323. The Hall–Kier alpha value is -4.02. The van der Waals surface area contributed by atoms with Crippen LogP contribution in [0.2, 0.25) is 0 Å². The van der Waals surface area contributed by atoms with Crippen LogP contribution >= 0.6 is 0 Å². The van der Waals surface area contributed by atoms with Crippen molar-refractivity contribution in [1.82, 2.24) is 19.6 Å². The summed E-state index contributed by atoms with van der Waals surface area (Å²) in [4.78, 5) is 38.1. The molecule has 1 amide bonds. The number of benzene rings is 1. The minimum atomic E-state index is -0.697. The number of nitrogens with zero attached hydrogens (tertiary/aromatic N) is 6. The summed E-state index contributed by atoms with van der Waals surface area (Å²) in [5, 5.41) is 20.0.